The molecule has 0 unspecified atom stereocenters. The van der Waals surface area contributed by atoms with Crippen molar-refractivity contribution in [1.82, 2.24) is 4.90 Å². The molecule has 2 atom stereocenters. The third-order valence-electron chi connectivity index (χ3n) is 7.54. The van der Waals surface area contributed by atoms with Crippen LogP contribution in [0.4, 0.5) is 0 Å². The number of nitrogens with two attached hydrogens (primary N) is 2. The number of nitrogens with zero attached hydrogens (tertiary/aromatic N) is 1. The number of ether oxygens (including phenoxy) is 3. The van der Waals surface area contributed by atoms with Gasteiger partial charge in [-0.3, -0.25) is 24.0 Å². The number of benzene rings is 2. The van der Waals surface area contributed by atoms with E-state index in [1.807, 2.05) is 0 Å². The lowest BCUT2D eigenvalue weighted by molar-refractivity contribution is -0.156. The highest BCUT2D eigenvalue weighted by atomic mass is 16.6. The number of ketones is 1. The number of Topliss-reactive ketones (excluding diaryl/α,β-unsaturated/α-hetero) is 1. The Balaban J connectivity index is 0.000000490. The van der Waals surface area contributed by atoms with E-state index in [1.165, 1.54) is 31.1 Å². The lowest BCUT2D eigenvalue weighted by Crippen LogP contribution is -2.45. The monoisotopic (exact) mass is 758 g/mol. The van der Waals surface area contributed by atoms with Gasteiger partial charge in [-0.1, -0.05) is 12.1 Å². The number of carbonyl (C=O) groups excluding carboxylic acids is 7. The molecule has 0 aromatic heterocycles. The van der Waals surface area contributed by atoms with Crippen LogP contribution in [0.15, 0.2) is 36.4 Å². The molecule has 3 amide bonds. The molecule has 0 saturated heterocycles. The predicted octanol–water partition coefficient (Wildman–Crippen LogP) is 4.25. The van der Waals surface area contributed by atoms with Crippen LogP contribution in [0.2, 0.25) is 0 Å². The Morgan fingerprint density at radius 3 is 1.81 bits per heavy atom. The van der Waals surface area contributed by atoms with E-state index in [2.05, 4.69) is 0 Å². The van der Waals surface area contributed by atoms with E-state index in [9.17, 15) is 43.8 Å². The molecule has 0 radical (unpaired) electrons. The van der Waals surface area contributed by atoms with Gasteiger partial charge in [-0.2, -0.15) is 0 Å². The van der Waals surface area contributed by atoms with E-state index in [-0.39, 0.29) is 74.3 Å². The number of fused-ring (bicyclic) bond motifs is 1. The number of amides is 3. The largest absolute Gasteiger partial charge is 0.508 e. The summed E-state index contributed by atoms with van der Waals surface area (Å²) in [6, 6.07) is 8.24. The number of primary amides is 2. The predicted molar refractivity (Wildman–Crippen MR) is 198 cm³/mol. The van der Waals surface area contributed by atoms with Crippen molar-refractivity contribution in [3.63, 3.8) is 0 Å². The van der Waals surface area contributed by atoms with Crippen molar-refractivity contribution in [2.45, 2.75) is 118 Å². The maximum atomic E-state index is 12.5. The van der Waals surface area contributed by atoms with Crippen LogP contribution in [0.5, 0.6) is 11.5 Å². The van der Waals surface area contributed by atoms with Crippen molar-refractivity contribution in [1.29, 1.82) is 0 Å². The van der Waals surface area contributed by atoms with E-state index in [1.54, 1.807) is 65.8 Å². The molecule has 1 heterocycles. The van der Waals surface area contributed by atoms with Gasteiger partial charge in [0.1, 0.15) is 34.5 Å². The lowest BCUT2D eigenvalue weighted by atomic mass is 9.92. The molecule has 15 nitrogen and oxygen atoms in total. The lowest BCUT2D eigenvalue weighted by Gasteiger charge is -2.25. The first-order valence-electron chi connectivity index (χ1n) is 17.9. The van der Waals surface area contributed by atoms with Gasteiger partial charge < -0.3 is 45.6 Å². The van der Waals surface area contributed by atoms with E-state index in [0.29, 0.717) is 23.1 Å². The normalized spacial score (nSPS) is 13.4. The molecule has 298 valence electrons. The fourth-order valence-corrected chi connectivity index (χ4v) is 5.26. The van der Waals surface area contributed by atoms with Crippen LogP contribution < -0.4 is 11.5 Å². The SMILES string of the molecule is CC(C)(C)OC(=O)CC[C@@H](C(N)=O)N1Cc2c(O)cccc2C1=O.COC(=O)c1cccc(O)c1CC[C@@H](CCC(=O)OC(C)(C)C)C(N)=O.[2H]CC(C)=O. The summed E-state index contributed by atoms with van der Waals surface area (Å²) in [5, 5.41) is 19.9. The minimum Gasteiger partial charge on any atom is -0.508 e. The van der Waals surface area contributed by atoms with Crippen LogP contribution >= 0.6 is 0 Å². The number of phenolic OH excluding ortho intramolecular Hbond substituents is 2. The van der Waals surface area contributed by atoms with E-state index < -0.39 is 52.9 Å². The fraction of sp³-hybridized carbons (Fsp3) is 0.513. The number of aromatic hydroxyl groups is 2. The van der Waals surface area contributed by atoms with Crippen LogP contribution in [-0.2, 0) is 51.1 Å². The number of esters is 3. The third kappa shape index (κ3) is 16.0. The van der Waals surface area contributed by atoms with Gasteiger partial charge in [-0.05, 0) is 105 Å². The van der Waals surface area contributed by atoms with Crippen LogP contribution in [0.25, 0.3) is 0 Å². The number of hydrogen-bond acceptors (Lipinski definition) is 12. The standard InChI is InChI=1S/C19H27NO6.C17H22N2O5.C3H6O/c1-19(2,3)26-16(22)11-9-12(17(20)23)8-10-13-14(18(24)25-4)6-5-7-15(13)21;1-17(2,3)24-14(21)8-7-12(15(18)22)19-9-11-10(16(19)23)5-4-6-13(11)20;1-3(2)4/h5-7,12,21H,8-11H2,1-4H3,(H2,20,23);4-6,12,20H,7-9H2,1-3H3,(H2,18,22);1-2H3/t2*12-;/m00./s1/i;;1D. The van der Waals surface area contributed by atoms with Gasteiger partial charge in [0, 0.05) is 36.8 Å². The van der Waals surface area contributed by atoms with Crippen molar-refractivity contribution in [3.8, 4) is 11.5 Å². The average molecular weight is 759 g/mol. The van der Waals surface area contributed by atoms with Crippen LogP contribution in [0.3, 0.4) is 0 Å². The zero-order chi connectivity index (χ0) is 42.3. The first kappa shape index (κ1) is 44.7. The van der Waals surface area contributed by atoms with Gasteiger partial charge in [0.2, 0.25) is 11.8 Å². The number of hydrogen-bond donors (Lipinski definition) is 4. The highest BCUT2D eigenvalue weighted by Crippen LogP contribution is 2.32. The summed E-state index contributed by atoms with van der Waals surface area (Å²) in [4.78, 5) is 82.3. The minimum absolute atomic E-state index is 0.00119. The van der Waals surface area contributed by atoms with Crippen molar-refractivity contribution in [3.05, 3.63) is 58.7 Å². The van der Waals surface area contributed by atoms with Crippen LogP contribution in [-0.4, -0.2) is 80.9 Å². The van der Waals surface area contributed by atoms with E-state index in [0.717, 1.165) is 0 Å². The average Bonchev–Trinajstić information content (AvgIpc) is 3.40. The Morgan fingerprint density at radius 2 is 1.35 bits per heavy atom. The van der Waals surface area contributed by atoms with Crippen molar-refractivity contribution >= 4 is 41.4 Å². The summed E-state index contributed by atoms with van der Waals surface area (Å²) in [5.74, 6) is -3.75. The molecule has 1 aliphatic heterocycles. The third-order valence-corrected chi connectivity index (χ3v) is 7.54. The highest BCUT2D eigenvalue weighted by molar-refractivity contribution is 6.01. The van der Waals surface area contributed by atoms with Crippen LogP contribution in [0, 0.1) is 5.92 Å². The Hall–Kier alpha value is -5.47. The van der Waals surface area contributed by atoms with Gasteiger partial charge in [-0.15, -0.1) is 0 Å². The maximum absolute atomic E-state index is 12.5. The first-order chi connectivity index (χ1) is 25.4. The smallest absolute Gasteiger partial charge is 0.338 e. The van der Waals surface area contributed by atoms with E-state index in [4.69, 9.17) is 27.0 Å². The van der Waals surface area contributed by atoms with Gasteiger partial charge >= 0.3 is 17.9 Å². The number of rotatable bonds is 13. The topological polar surface area (TPSA) is 243 Å². The number of methoxy groups -OCH3 is 1. The van der Waals surface area contributed by atoms with Crippen molar-refractivity contribution in [2.75, 3.05) is 7.11 Å². The summed E-state index contributed by atoms with van der Waals surface area (Å²) >= 11 is 0. The summed E-state index contributed by atoms with van der Waals surface area (Å²) < 4.78 is 21.4. The Kier molecular flexibility index (Phi) is 17.1. The molecule has 3 rings (SSSR count). The van der Waals surface area contributed by atoms with Crippen molar-refractivity contribution in [2.24, 2.45) is 17.4 Å². The first-order valence-corrected chi connectivity index (χ1v) is 17.2. The Morgan fingerprint density at radius 1 is 0.833 bits per heavy atom. The Labute approximate surface area is 317 Å². The summed E-state index contributed by atoms with van der Waals surface area (Å²) in [7, 11) is 1.25. The van der Waals surface area contributed by atoms with Gasteiger partial charge in [-0.25, -0.2) is 4.79 Å². The summed E-state index contributed by atoms with van der Waals surface area (Å²) in [5.41, 5.74) is 11.1. The molecule has 2 aromatic rings. The zero-order valence-corrected chi connectivity index (χ0v) is 32.4. The molecule has 0 aliphatic carbocycles. The molecular weight excluding hydrogens is 702 g/mol. The van der Waals surface area contributed by atoms with Crippen LogP contribution in [0.1, 0.15) is 121 Å². The quantitative estimate of drug-likeness (QED) is 0.166. The highest BCUT2D eigenvalue weighted by Gasteiger charge is 2.37. The molecule has 2 aromatic carbocycles. The van der Waals surface area contributed by atoms with E-state index >= 15 is 0 Å². The second-order valence-corrected chi connectivity index (χ2v) is 14.5. The number of phenols is 2. The number of carbonyl (C=O) groups is 7. The maximum Gasteiger partial charge on any atom is 0.338 e. The second kappa shape index (κ2) is 20.7. The second-order valence-electron chi connectivity index (χ2n) is 14.5. The molecule has 0 fully saturated rings. The molecule has 0 saturated carbocycles. The molecule has 0 bridgehead atoms. The summed E-state index contributed by atoms with van der Waals surface area (Å²) in [6.07, 6.45) is 0.890. The fourth-order valence-electron chi connectivity index (χ4n) is 5.26. The molecular formula is C39H55N3O12. The molecule has 54 heavy (non-hydrogen) atoms. The van der Waals surface area contributed by atoms with Gasteiger partial charge in [0.05, 0.1) is 19.2 Å². The molecule has 0 spiro atoms. The van der Waals surface area contributed by atoms with Gasteiger partial charge in [0.15, 0.2) is 0 Å². The minimum atomic E-state index is -0.934. The zero-order valence-electron chi connectivity index (χ0n) is 33.4. The van der Waals surface area contributed by atoms with Crippen molar-refractivity contribution < 1.29 is 59.4 Å². The Bertz CT molecular complexity index is 1700. The molecule has 15 heteroatoms. The molecule has 1 aliphatic rings. The summed E-state index contributed by atoms with van der Waals surface area (Å²) in [6.45, 7) is 11.9. The van der Waals surface area contributed by atoms with Gasteiger partial charge in [0.25, 0.3) is 5.91 Å². The molecule has 6 N–H and O–H groups in total.